The number of carbonyl (C=O) groups excluding carboxylic acids is 1. The monoisotopic (exact) mass is 275 g/mol. The van der Waals surface area contributed by atoms with Crippen LogP contribution in [-0.2, 0) is 4.79 Å². The third kappa shape index (κ3) is 2.03. The summed E-state index contributed by atoms with van der Waals surface area (Å²) in [5.74, 6) is -0.645. The van der Waals surface area contributed by atoms with Crippen LogP contribution < -0.4 is 11.3 Å². The molecule has 0 spiro atoms. The number of aryl methyl sites for hydroxylation is 1. The van der Waals surface area contributed by atoms with Crippen molar-refractivity contribution in [2.24, 2.45) is 5.73 Å². The van der Waals surface area contributed by atoms with Gasteiger partial charge in [0, 0.05) is 11.8 Å². The van der Waals surface area contributed by atoms with Crippen LogP contribution in [0.4, 0.5) is 5.69 Å². The first kappa shape index (κ1) is 13.7. The van der Waals surface area contributed by atoms with E-state index in [0.717, 1.165) is 0 Å². The van der Waals surface area contributed by atoms with Crippen molar-refractivity contribution in [3.63, 3.8) is 0 Å². The van der Waals surface area contributed by atoms with E-state index in [4.69, 9.17) is 5.73 Å². The molecule has 2 N–H and O–H groups in total. The minimum absolute atomic E-state index is 0.0986. The number of hydrogen-bond acceptors (Lipinski definition) is 4. The average Bonchev–Trinajstić information content (AvgIpc) is 2.37. The van der Waals surface area contributed by atoms with Gasteiger partial charge in [-0.25, -0.2) is 0 Å². The third-order valence-corrected chi connectivity index (χ3v) is 3.30. The van der Waals surface area contributed by atoms with Crippen LogP contribution in [-0.4, -0.2) is 15.4 Å². The van der Waals surface area contributed by atoms with Gasteiger partial charge in [0.2, 0.25) is 5.91 Å². The number of nitrogens with zero attached hydrogens (tertiary/aromatic N) is 2. The third-order valence-electron chi connectivity index (χ3n) is 3.30. The molecule has 1 aromatic carbocycles. The van der Waals surface area contributed by atoms with Crippen LogP contribution in [0.1, 0.15) is 18.5 Å². The lowest BCUT2D eigenvalue weighted by atomic mass is 10.1. The largest absolute Gasteiger partial charge is 0.368 e. The van der Waals surface area contributed by atoms with E-state index in [1.807, 2.05) is 0 Å². The fourth-order valence-corrected chi connectivity index (χ4v) is 2.12. The zero-order chi connectivity index (χ0) is 15.0. The standard InChI is InChI=1S/C13H13N3O4/c1-7-3-4-10-9(11(7)16(19)20)5-6-15(13(10)18)8(2)12(14)17/h3-6,8H,1-2H3,(H2,14,17)/t8-/m1/s1. The average molecular weight is 275 g/mol. The maximum atomic E-state index is 12.3. The van der Waals surface area contributed by atoms with E-state index in [9.17, 15) is 19.7 Å². The molecule has 0 radical (unpaired) electrons. The van der Waals surface area contributed by atoms with Crippen molar-refractivity contribution in [1.82, 2.24) is 4.57 Å². The van der Waals surface area contributed by atoms with Gasteiger partial charge in [-0.3, -0.25) is 19.7 Å². The molecule has 7 heteroatoms. The van der Waals surface area contributed by atoms with Crippen molar-refractivity contribution in [3.8, 4) is 0 Å². The molecule has 0 saturated carbocycles. The first-order valence-corrected chi connectivity index (χ1v) is 5.92. The SMILES string of the molecule is Cc1ccc2c(=O)n([C@H](C)C(N)=O)ccc2c1[N+](=O)[O-]. The lowest BCUT2D eigenvalue weighted by molar-refractivity contribution is -0.383. The van der Waals surface area contributed by atoms with E-state index in [-0.39, 0.29) is 16.5 Å². The second kappa shape index (κ2) is 4.76. The van der Waals surface area contributed by atoms with E-state index in [0.29, 0.717) is 5.56 Å². The number of fused-ring (bicyclic) bond motifs is 1. The molecule has 1 heterocycles. The van der Waals surface area contributed by atoms with Crippen molar-refractivity contribution in [3.05, 3.63) is 50.4 Å². The summed E-state index contributed by atoms with van der Waals surface area (Å²) in [7, 11) is 0. The van der Waals surface area contributed by atoms with Crippen molar-refractivity contribution < 1.29 is 9.72 Å². The molecule has 0 unspecified atom stereocenters. The topological polar surface area (TPSA) is 108 Å². The molecule has 0 aliphatic heterocycles. The van der Waals surface area contributed by atoms with Gasteiger partial charge in [-0.05, 0) is 26.0 Å². The number of hydrogen-bond donors (Lipinski definition) is 1. The molecule has 104 valence electrons. The van der Waals surface area contributed by atoms with Gasteiger partial charge in [0.05, 0.1) is 15.7 Å². The maximum Gasteiger partial charge on any atom is 0.280 e. The summed E-state index contributed by atoms with van der Waals surface area (Å²) in [6, 6.07) is 3.68. The van der Waals surface area contributed by atoms with Crippen LogP contribution in [0.2, 0.25) is 0 Å². The van der Waals surface area contributed by atoms with Crippen LogP contribution in [0, 0.1) is 17.0 Å². The second-order valence-electron chi connectivity index (χ2n) is 4.56. The minimum atomic E-state index is -0.813. The molecule has 2 aromatic rings. The van der Waals surface area contributed by atoms with E-state index in [1.165, 1.54) is 35.9 Å². The highest BCUT2D eigenvalue weighted by molar-refractivity contribution is 5.91. The normalized spacial score (nSPS) is 12.3. The highest BCUT2D eigenvalue weighted by atomic mass is 16.6. The lowest BCUT2D eigenvalue weighted by Crippen LogP contribution is -2.31. The number of nitrogens with two attached hydrogens (primary N) is 1. The smallest absolute Gasteiger partial charge is 0.280 e. The van der Waals surface area contributed by atoms with Crippen LogP contribution in [0.3, 0.4) is 0 Å². The van der Waals surface area contributed by atoms with Crippen molar-refractivity contribution in [2.45, 2.75) is 19.9 Å². The fourth-order valence-electron chi connectivity index (χ4n) is 2.12. The molecule has 2 rings (SSSR count). The van der Waals surface area contributed by atoms with Crippen LogP contribution in [0.25, 0.3) is 10.8 Å². The molecule has 0 bridgehead atoms. The Bertz CT molecular complexity index is 779. The zero-order valence-electron chi connectivity index (χ0n) is 11.0. The number of primary amides is 1. The van der Waals surface area contributed by atoms with Gasteiger partial charge in [-0.15, -0.1) is 0 Å². The Morgan fingerprint density at radius 3 is 2.55 bits per heavy atom. The van der Waals surface area contributed by atoms with Gasteiger partial charge in [-0.2, -0.15) is 0 Å². The van der Waals surface area contributed by atoms with E-state index < -0.39 is 22.4 Å². The van der Waals surface area contributed by atoms with E-state index in [2.05, 4.69) is 0 Å². The molecular formula is C13H13N3O4. The first-order chi connectivity index (χ1) is 9.34. The predicted octanol–water partition coefficient (Wildman–Crippen LogP) is 1.26. The molecule has 1 atom stereocenters. The summed E-state index contributed by atoms with van der Waals surface area (Å²) in [4.78, 5) is 34.0. The summed E-state index contributed by atoms with van der Waals surface area (Å²) >= 11 is 0. The quantitative estimate of drug-likeness (QED) is 0.671. The highest BCUT2D eigenvalue weighted by Crippen LogP contribution is 2.27. The fraction of sp³-hybridized carbons (Fsp3) is 0.231. The second-order valence-corrected chi connectivity index (χ2v) is 4.56. The van der Waals surface area contributed by atoms with Gasteiger partial charge < -0.3 is 10.3 Å². The first-order valence-electron chi connectivity index (χ1n) is 5.92. The molecule has 0 aliphatic rings. The number of nitro groups is 1. The maximum absolute atomic E-state index is 12.3. The van der Waals surface area contributed by atoms with Gasteiger partial charge >= 0.3 is 0 Å². The molecule has 7 nitrogen and oxygen atoms in total. The Morgan fingerprint density at radius 1 is 1.35 bits per heavy atom. The van der Waals surface area contributed by atoms with Crippen LogP contribution in [0.5, 0.6) is 0 Å². The number of pyridine rings is 1. The van der Waals surface area contributed by atoms with Crippen molar-refractivity contribution in [2.75, 3.05) is 0 Å². The molecule has 0 aliphatic carbocycles. The Kier molecular flexibility index (Phi) is 3.27. The molecule has 1 aromatic heterocycles. The number of carbonyl (C=O) groups is 1. The van der Waals surface area contributed by atoms with Crippen LogP contribution >= 0.6 is 0 Å². The predicted molar refractivity (Wildman–Crippen MR) is 73.5 cm³/mol. The van der Waals surface area contributed by atoms with Gasteiger partial charge in [0.15, 0.2) is 0 Å². The summed E-state index contributed by atoms with van der Waals surface area (Å²) in [5, 5.41) is 11.5. The zero-order valence-corrected chi connectivity index (χ0v) is 11.0. The van der Waals surface area contributed by atoms with Crippen molar-refractivity contribution in [1.29, 1.82) is 0 Å². The summed E-state index contributed by atoms with van der Waals surface area (Å²) in [5.41, 5.74) is 5.08. The number of benzene rings is 1. The van der Waals surface area contributed by atoms with Gasteiger partial charge in [0.1, 0.15) is 6.04 Å². The number of amides is 1. The molecule has 0 saturated heterocycles. The Balaban J connectivity index is 2.83. The highest BCUT2D eigenvalue weighted by Gasteiger charge is 2.20. The van der Waals surface area contributed by atoms with Gasteiger partial charge in [-0.1, -0.05) is 6.07 Å². The summed E-state index contributed by atoms with van der Waals surface area (Å²) in [6.45, 7) is 3.10. The van der Waals surface area contributed by atoms with E-state index in [1.54, 1.807) is 6.92 Å². The summed E-state index contributed by atoms with van der Waals surface area (Å²) in [6.07, 6.45) is 1.35. The Labute approximate surface area is 113 Å². The minimum Gasteiger partial charge on any atom is -0.368 e. The van der Waals surface area contributed by atoms with E-state index >= 15 is 0 Å². The summed E-state index contributed by atoms with van der Waals surface area (Å²) < 4.78 is 1.17. The molecule has 1 amide bonds. The van der Waals surface area contributed by atoms with Crippen molar-refractivity contribution >= 4 is 22.4 Å². The van der Waals surface area contributed by atoms with Gasteiger partial charge in [0.25, 0.3) is 11.2 Å². The van der Waals surface area contributed by atoms with Crippen LogP contribution in [0.15, 0.2) is 29.2 Å². The number of rotatable bonds is 3. The Morgan fingerprint density at radius 2 is 2.00 bits per heavy atom. The molecular weight excluding hydrogens is 262 g/mol. The Hall–Kier alpha value is -2.70. The number of nitro benzene ring substituents is 1. The molecule has 20 heavy (non-hydrogen) atoms. The lowest BCUT2D eigenvalue weighted by Gasteiger charge is -2.12. The molecule has 0 fully saturated rings. The number of aromatic nitrogens is 1.